The Morgan fingerprint density at radius 3 is 1.55 bits per heavy atom. The van der Waals surface area contributed by atoms with Crippen LogP contribution in [0.4, 0.5) is 0 Å². The van der Waals surface area contributed by atoms with Crippen LogP contribution in [0.3, 0.4) is 0 Å². The van der Waals surface area contributed by atoms with Crippen LogP contribution in [0.5, 0.6) is 28.7 Å². The molecule has 0 saturated heterocycles. The Balaban J connectivity index is 1.81. The summed E-state index contributed by atoms with van der Waals surface area (Å²) >= 11 is 0. The minimum atomic E-state index is -0.277. The molecule has 0 atom stereocenters. The van der Waals surface area contributed by atoms with E-state index in [1.165, 1.54) is 12.1 Å². The molecule has 0 aromatic heterocycles. The molecular formula is C24H20O5. The molecule has 0 saturated carbocycles. The van der Waals surface area contributed by atoms with Gasteiger partial charge in [0.2, 0.25) is 0 Å². The highest BCUT2D eigenvalue weighted by molar-refractivity contribution is 5.95. The Labute approximate surface area is 167 Å². The van der Waals surface area contributed by atoms with Crippen molar-refractivity contribution in [2.75, 3.05) is 0 Å². The summed E-state index contributed by atoms with van der Waals surface area (Å²) in [5.41, 5.74) is 3.30. The third-order valence-corrected chi connectivity index (χ3v) is 5.04. The van der Waals surface area contributed by atoms with Gasteiger partial charge in [0.1, 0.15) is 17.2 Å². The summed E-state index contributed by atoms with van der Waals surface area (Å²) in [6, 6.07) is 18.3. The topological polar surface area (TPSA) is 101 Å². The largest absolute Gasteiger partial charge is 0.508 e. The van der Waals surface area contributed by atoms with E-state index in [1.54, 1.807) is 48.5 Å². The van der Waals surface area contributed by atoms with Gasteiger partial charge in [-0.25, -0.2) is 0 Å². The molecule has 0 aliphatic rings. The van der Waals surface area contributed by atoms with E-state index in [9.17, 15) is 25.5 Å². The van der Waals surface area contributed by atoms with E-state index in [-0.39, 0.29) is 28.7 Å². The summed E-state index contributed by atoms with van der Waals surface area (Å²) in [4.78, 5) is 0. The molecule has 0 bridgehead atoms. The second-order valence-corrected chi connectivity index (χ2v) is 7.12. The molecule has 146 valence electrons. The Kier molecular flexibility index (Phi) is 4.64. The predicted molar refractivity (Wildman–Crippen MR) is 111 cm³/mol. The summed E-state index contributed by atoms with van der Waals surface area (Å²) in [6.07, 6.45) is 0.927. The van der Waals surface area contributed by atoms with Crippen LogP contribution in [0.1, 0.15) is 22.3 Å². The lowest BCUT2D eigenvalue weighted by Crippen LogP contribution is -1.94. The van der Waals surface area contributed by atoms with E-state index in [4.69, 9.17) is 0 Å². The van der Waals surface area contributed by atoms with Crippen LogP contribution in [0.15, 0.2) is 66.7 Å². The number of hydrogen-bond donors (Lipinski definition) is 5. The normalized spacial score (nSPS) is 11.0. The van der Waals surface area contributed by atoms with Gasteiger partial charge in [0.05, 0.1) is 0 Å². The van der Waals surface area contributed by atoms with Crippen LogP contribution >= 0.6 is 0 Å². The van der Waals surface area contributed by atoms with E-state index in [1.807, 2.05) is 6.07 Å². The first-order valence-corrected chi connectivity index (χ1v) is 9.16. The number of fused-ring (bicyclic) bond motifs is 1. The number of benzene rings is 4. The number of phenols is 5. The predicted octanol–water partition coefficient (Wildman–Crippen LogP) is 4.55. The maximum absolute atomic E-state index is 10.5. The van der Waals surface area contributed by atoms with Gasteiger partial charge in [0, 0.05) is 11.8 Å². The highest BCUT2D eigenvalue weighted by Crippen LogP contribution is 2.40. The van der Waals surface area contributed by atoms with Crippen molar-refractivity contribution in [3.05, 3.63) is 89.0 Å². The van der Waals surface area contributed by atoms with Crippen molar-refractivity contribution in [2.24, 2.45) is 0 Å². The zero-order valence-corrected chi connectivity index (χ0v) is 15.5. The molecule has 5 heteroatoms. The third kappa shape index (κ3) is 3.75. The lowest BCUT2D eigenvalue weighted by molar-refractivity contribution is 0.407. The molecule has 29 heavy (non-hydrogen) atoms. The highest BCUT2D eigenvalue weighted by atomic mass is 16.3. The van der Waals surface area contributed by atoms with E-state index in [0.717, 1.165) is 22.1 Å². The van der Waals surface area contributed by atoms with Gasteiger partial charge in [0.15, 0.2) is 11.5 Å². The molecule has 0 radical (unpaired) electrons. The van der Waals surface area contributed by atoms with Gasteiger partial charge in [0.25, 0.3) is 0 Å². The maximum atomic E-state index is 10.5. The van der Waals surface area contributed by atoms with Crippen molar-refractivity contribution in [1.82, 2.24) is 0 Å². The van der Waals surface area contributed by atoms with Crippen LogP contribution in [0.25, 0.3) is 10.8 Å². The minimum Gasteiger partial charge on any atom is -0.508 e. The van der Waals surface area contributed by atoms with Crippen molar-refractivity contribution >= 4 is 10.8 Å². The average Bonchev–Trinajstić information content (AvgIpc) is 2.70. The van der Waals surface area contributed by atoms with Gasteiger partial charge >= 0.3 is 0 Å². The SMILES string of the molecule is Oc1ccc(Cc2cc3c(Cc4ccc(O)cc4)cc(O)c(O)c3cc2O)cc1. The minimum absolute atomic E-state index is 0.0158. The van der Waals surface area contributed by atoms with Crippen molar-refractivity contribution in [3.63, 3.8) is 0 Å². The van der Waals surface area contributed by atoms with Crippen LogP contribution in [-0.2, 0) is 12.8 Å². The molecule has 0 aliphatic carbocycles. The number of rotatable bonds is 4. The average molecular weight is 388 g/mol. The molecular weight excluding hydrogens is 368 g/mol. The first kappa shape index (κ1) is 18.5. The van der Waals surface area contributed by atoms with Gasteiger partial charge in [-0.15, -0.1) is 0 Å². The first-order chi connectivity index (χ1) is 13.9. The Morgan fingerprint density at radius 1 is 0.483 bits per heavy atom. The lowest BCUT2D eigenvalue weighted by Gasteiger charge is -2.14. The smallest absolute Gasteiger partial charge is 0.165 e. The molecule has 0 spiro atoms. The molecule has 4 aromatic rings. The fourth-order valence-corrected chi connectivity index (χ4v) is 3.50. The van der Waals surface area contributed by atoms with E-state index >= 15 is 0 Å². The zero-order valence-electron chi connectivity index (χ0n) is 15.5. The van der Waals surface area contributed by atoms with E-state index in [0.29, 0.717) is 23.8 Å². The number of phenolic OH excluding ortho intramolecular Hbond substituents is 5. The van der Waals surface area contributed by atoms with Gasteiger partial charge in [-0.1, -0.05) is 24.3 Å². The molecule has 4 aromatic carbocycles. The van der Waals surface area contributed by atoms with E-state index < -0.39 is 0 Å². The summed E-state index contributed by atoms with van der Waals surface area (Å²) in [5.74, 6) is -0.165. The fraction of sp³-hybridized carbons (Fsp3) is 0.0833. The number of aromatic hydroxyl groups is 5. The molecule has 0 amide bonds. The summed E-state index contributed by atoms with van der Waals surface area (Å²) in [6.45, 7) is 0. The zero-order chi connectivity index (χ0) is 20.5. The van der Waals surface area contributed by atoms with Crippen molar-refractivity contribution in [2.45, 2.75) is 12.8 Å². The van der Waals surface area contributed by atoms with Crippen LogP contribution in [0.2, 0.25) is 0 Å². The molecule has 0 unspecified atom stereocenters. The number of hydrogen-bond acceptors (Lipinski definition) is 5. The van der Waals surface area contributed by atoms with Crippen LogP contribution < -0.4 is 0 Å². The molecule has 5 N–H and O–H groups in total. The van der Waals surface area contributed by atoms with Crippen LogP contribution in [-0.4, -0.2) is 25.5 Å². The maximum Gasteiger partial charge on any atom is 0.165 e. The van der Waals surface area contributed by atoms with Gasteiger partial charge in [-0.2, -0.15) is 0 Å². The van der Waals surface area contributed by atoms with Crippen LogP contribution in [0, 0.1) is 0 Å². The Morgan fingerprint density at radius 2 is 1.00 bits per heavy atom. The summed E-state index contributed by atoms with van der Waals surface area (Å²) in [5, 5.41) is 50.9. The Hall–Kier alpha value is -3.86. The molecule has 5 nitrogen and oxygen atoms in total. The van der Waals surface area contributed by atoms with Gasteiger partial charge in [-0.05, 0) is 76.5 Å². The summed E-state index contributed by atoms with van der Waals surface area (Å²) in [7, 11) is 0. The van der Waals surface area contributed by atoms with Gasteiger partial charge in [-0.3, -0.25) is 0 Å². The highest BCUT2D eigenvalue weighted by Gasteiger charge is 2.15. The molecule has 0 heterocycles. The second kappa shape index (κ2) is 7.28. The molecule has 0 aliphatic heterocycles. The standard InChI is InChI=1S/C24H20O5/c25-18-5-1-14(2-6-18)9-16-12-23(28)24(29)21-13-22(27)17(11-20(16)21)10-15-3-7-19(26)8-4-15/h1-8,11-13,25-29H,9-10H2. The monoisotopic (exact) mass is 388 g/mol. The van der Waals surface area contributed by atoms with Crippen molar-refractivity contribution in [1.29, 1.82) is 0 Å². The summed E-state index contributed by atoms with van der Waals surface area (Å²) < 4.78 is 0. The second-order valence-electron chi connectivity index (χ2n) is 7.12. The molecule has 0 fully saturated rings. The van der Waals surface area contributed by atoms with Gasteiger partial charge < -0.3 is 25.5 Å². The lowest BCUT2D eigenvalue weighted by atomic mass is 9.93. The quantitative estimate of drug-likeness (QED) is 0.330. The fourth-order valence-electron chi connectivity index (χ4n) is 3.50. The van der Waals surface area contributed by atoms with Crippen molar-refractivity contribution in [3.8, 4) is 28.7 Å². The van der Waals surface area contributed by atoms with E-state index in [2.05, 4.69) is 0 Å². The third-order valence-electron chi connectivity index (χ3n) is 5.04. The molecule has 4 rings (SSSR count). The van der Waals surface area contributed by atoms with Crippen molar-refractivity contribution < 1.29 is 25.5 Å². The Bertz CT molecular complexity index is 1180. The first-order valence-electron chi connectivity index (χ1n) is 9.16.